The summed E-state index contributed by atoms with van der Waals surface area (Å²) in [7, 11) is -8.33. The summed E-state index contributed by atoms with van der Waals surface area (Å²) in [5, 5.41) is 0. The van der Waals surface area contributed by atoms with E-state index in [1.54, 1.807) is 0 Å². The molecule has 1 atom stereocenters. The molecule has 0 radical (unpaired) electrons. The Bertz CT molecular complexity index is 690. The second-order valence-corrected chi connectivity index (χ2v) is 17.3. The molecule has 0 fully saturated rings. The topological polar surface area (TPSA) is 80.3 Å². The van der Waals surface area contributed by atoms with Crippen molar-refractivity contribution in [2.24, 2.45) is 0 Å². The molecule has 0 aromatic rings. The Balaban J connectivity index is 5.09. The van der Waals surface area contributed by atoms with Crippen molar-refractivity contribution in [1.29, 1.82) is 0 Å². The normalized spacial score (nSPS) is 13.4. The molecule has 0 saturated heterocycles. The number of hydrogen-bond acceptors (Lipinski definition) is 8. The summed E-state index contributed by atoms with van der Waals surface area (Å²) >= 11 is 1.08. The summed E-state index contributed by atoms with van der Waals surface area (Å²) in [4.78, 5) is 0. The highest BCUT2D eigenvalue weighted by molar-refractivity contribution is 7.98. The van der Waals surface area contributed by atoms with E-state index in [4.69, 9.17) is 21.9 Å². The van der Waals surface area contributed by atoms with Crippen molar-refractivity contribution in [3.05, 3.63) is 0 Å². The molecule has 1 unspecified atom stereocenters. The van der Waals surface area contributed by atoms with Crippen molar-refractivity contribution in [2.45, 2.75) is 207 Å². The van der Waals surface area contributed by atoms with Crippen LogP contribution in [0.15, 0.2) is 0 Å². The van der Waals surface area contributed by atoms with Crippen molar-refractivity contribution in [3.8, 4) is 0 Å². The highest BCUT2D eigenvalue weighted by Gasteiger charge is 2.41. The zero-order chi connectivity index (χ0) is 33.9. The van der Waals surface area contributed by atoms with E-state index in [9.17, 15) is 9.13 Å². The number of hydrogen-bond donors (Lipinski definition) is 0. The van der Waals surface area contributed by atoms with Gasteiger partial charge < -0.3 is 0 Å². The molecule has 0 rings (SSSR count). The van der Waals surface area contributed by atoms with Crippen LogP contribution < -0.4 is 0 Å². The summed E-state index contributed by atoms with van der Waals surface area (Å²) in [5.74, 6) is 0.671. The molecule has 0 aliphatic rings. The van der Waals surface area contributed by atoms with Gasteiger partial charge >= 0.3 is 15.6 Å². The van der Waals surface area contributed by atoms with Crippen LogP contribution in [0.2, 0.25) is 0 Å². The fourth-order valence-electron chi connectivity index (χ4n) is 5.19. The average Bonchev–Trinajstić information content (AvgIpc) is 3.04. The molecule has 0 spiro atoms. The van der Waals surface area contributed by atoms with E-state index >= 15 is 0 Å². The molecule has 10 heteroatoms. The molecule has 0 saturated carbocycles. The van der Waals surface area contributed by atoms with Crippen LogP contribution in [-0.4, -0.2) is 25.6 Å². The maximum Gasteiger partial charge on any atom is 0.494 e. The smallest absolute Gasteiger partial charge is 0.287 e. The zero-order valence-electron chi connectivity index (χ0n) is 30.8. The van der Waals surface area contributed by atoms with Crippen LogP contribution in [0.1, 0.15) is 207 Å². The second-order valence-electron chi connectivity index (χ2n) is 12.9. The van der Waals surface area contributed by atoms with E-state index < -0.39 is 15.6 Å². The molecular weight excluding hydrogens is 638 g/mol. The van der Waals surface area contributed by atoms with E-state index in [1.165, 1.54) is 109 Å². The zero-order valence-corrected chi connectivity index (χ0v) is 33.4. The van der Waals surface area contributed by atoms with Gasteiger partial charge in [-0.05, 0) is 25.7 Å². The van der Waals surface area contributed by atoms with Gasteiger partial charge in [0.15, 0.2) is 0 Å². The quantitative estimate of drug-likeness (QED) is 0.0354. The average molecular weight is 715 g/mol. The molecule has 0 amide bonds. The van der Waals surface area contributed by atoms with Gasteiger partial charge in [-0.15, -0.1) is 0 Å². The second kappa shape index (κ2) is 35.4. The Morgan fingerprint density at radius 3 is 1.00 bits per heavy atom. The van der Waals surface area contributed by atoms with Gasteiger partial charge in [-0.2, -0.15) is 4.31 Å². The van der Waals surface area contributed by atoms with Gasteiger partial charge in [-0.1, -0.05) is 182 Å². The minimum absolute atomic E-state index is 0.221. The molecule has 278 valence electrons. The van der Waals surface area contributed by atoms with Crippen molar-refractivity contribution in [2.75, 3.05) is 25.6 Å². The van der Waals surface area contributed by atoms with Crippen molar-refractivity contribution >= 4 is 27.7 Å². The molecule has 0 aliphatic carbocycles. The van der Waals surface area contributed by atoms with Crippen molar-refractivity contribution in [1.82, 2.24) is 0 Å². The van der Waals surface area contributed by atoms with Crippen LogP contribution in [-0.2, 0) is 31.0 Å². The lowest BCUT2D eigenvalue weighted by Gasteiger charge is -2.23. The molecule has 0 N–H and O–H groups in total. The predicted molar refractivity (Wildman–Crippen MR) is 200 cm³/mol. The first-order valence-corrected chi connectivity index (χ1v) is 23.4. The standard InChI is InChI=1S/C36H76O7P2S/c1-5-9-13-17-21-25-29-33-39-44(37,40-34-30-26-22-18-14-10-6-2)42-45(38,41-35-31-27-23-19-15-11-7-3)43-46-36-32-28-24-20-16-12-8-4/h5-36H2,1-4H3. The molecule has 46 heavy (non-hydrogen) atoms. The molecule has 0 bridgehead atoms. The lowest BCUT2D eigenvalue weighted by molar-refractivity contribution is 0.128. The summed E-state index contributed by atoms with van der Waals surface area (Å²) in [6, 6.07) is 0. The summed E-state index contributed by atoms with van der Waals surface area (Å²) < 4.78 is 56.4. The van der Waals surface area contributed by atoms with Crippen molar-refractivity contribution in [3.63, 3.8) is 0 Å². The Hall–Kier alpha value is 0.610. The number of phosphoric acid groups is 2. The Morgan fingerprint density at radius 2 is 0.652 bits per heavy atom. The van der Waals surface area contributed by atoms with Crippen LogP contribution >= 0.6 is 27.7 Å². The molecular formula is C36H76O7P2S. The van der Waals surface area contributed by atoms with E-state index in [-0.39, 0.29) is 19.8 Å². The fraction of sp³-hybridized carbons (Fsp3) is 1.00. The lowest BCUT2D eigenvalue weighted by atomic mass is 10.1. The molecule has 0 heterocycles. The highest BCUT2D eigenvalue weighted by atomic mass is 32.2. The van der Waals surface area contributed by atoms with Gasteiger partial charge in [0.2, 0.25) is 0 Å². The van der Waals surface area contributed by atoms with E-state index in [0.29, 0.717) is 5.75 Å². The summed E-state index contributed by atoms with van der Waals surface area (Å²) in [6.07, 6.45) is 31.6. The fourth-order valence-corrected chi connectivity index (χ4v) is 9.53. The van der Waals surface area contributed by atoms with Gasteiger partial charge in [0, 0.05) is 17.8 Å². The first-order valence-electron chi connectivity index (χ1n) is 19.6. The molecule has 0 aromatic carbocycles. The Labute approximate surface area is 291 Å². The van der Waals surface area contributed by atoms with Gasteiger partial charge in [0.05, 0.1) is 19.8 Å². The van der Waals surface area contributed by atoms with Gasteiger partial charge in [-0.25, -0.2) is 13.1 Å². The minimum atomic E-state index is -4.18. The first kappa shape index (κ1) is 46.6. The number of unbranched alkanes of at least 4 members (excludes halogenated alkanes) is 24. The summed E-state index contributed by atoms with van der Waals surface area (Å²) in [5.41, 5.74) is 0. The van der Waals surface area contributed by atoms with Gasteiger partial charge in [-0.3, -0.25) is 13.6 Å². The molecule has 7 nitrogen and oxygen atoms in total. The van der Waals surface area contributed by atoms with E-state index in [0.717, 1.165) is 82.7 Å². The third kappa shape index (κ3) is 31.9. The van der Waals surface area contributed by atoms with Crippen molar-refractivity contribution < 1.29 is 31.0 Å². The first-order chi connectivity index (χ1) is 22.4. The third-order valence-corrected chi connectivity index (χ3v) is 12.9. The SMILES string of the molecule is CCCCCCCCCOP(=O)(OCCCCCCCCC)OP(=O)(OCCCCCCCCC)OSCCCCCCCCC. The van der Waals surface area contributed by atoms with Gasteiger partial charge in [0.1, 0.15) is 0 Å². The molecule has 0 aliphatic heterocycles. The van der Waals surface area contributed by atoms with E-state index in [1.807, 2.05) is 0 Å². The number of rotatable bonds is 39. The third-order valence-electron chi connectivity index (χ3n) is 8.17. The predicted octanol–water partition coefficient (Wildman–Crippen LogP) is 14.9. The van der Waals surface area contributed by atoms with Gasteiger partial charge in [0.25, 0.3) is 0 Å². The lowest BCUT2D eigenvalue weighted by Crippen LogP contribution is -2.05. The highest BCUT2D eigenvalue weighted by Crippen LogP contribution is 2.67. The van der Waals surface area contributed by atoms with Crippen LogP contribution in [0, 0.1) is 0 Å². The monoisotopic (exact) mass is 714 g/mol. The largest absolute Gasteiger partial charge is 0.494 e. The van der Waals surface area contributed by atoms with Crippen LogP contribution in [0.3, 0.4) is 0 Å². The minimum Gasteiger partial charge on any atom is -0.287 e. The van der Waals surface area contributed by atoms with Crippen LogP contribution in [0.25, 0.3) is 0 Å². The maximum atomic E-state index is 13.9. The van der Waals surface area contributed by atoms with Crippen LogP contribution in [0.4, 0.5) is 0 Å². The summed E-state index contributed by atoms with van der Waals surface area (Å²) in [6.45, 7) is 9.55. The van der Waals surface area contributed by atoms with E-state index in [2.05, 4.69) is 27.7 Å². The number of phosphoric ester groups is 1. The Kier molecular flexibility index (Phi) is 35.9. The van der Waals surface area contributed by atoms with Crippen LogP contribution in [0.5, 0.6) is 0 Å². The maximum absolute atomic E-state index is 13.9. The molecule has 0 aromatic heterocycles. The Morgan fingerprint density at radius 1 is 0.370 bits per heavy atom.